The van der Waals surface area contributed by atoms with E-state index < -0.39 is 0 Å². The second-order valence-electron chi connectivity index (χ2n) is 12.4. The lowest BCUT2D eigenvalue weighted by atomic mass is 9.92. The van der Waals surface area contributed by atoms with Crippen molar-refractivity contribution in [1.82, 2.24) is 4.98 Å². The van der Waals surface area contributed by atoms with Crippen LogP contribution in [-0.2, 0) is 0 Å². The molecule has 0 N–H and O–H groups in total. The van der Waals surface area contributed by atoms with Crippen LogP contribution in [0.1, 0.15) is 0 Å². The summed E-state index contributed by atoms with van der Waals surface area (Å²) in [6.07, 6.45) is 0. The van der Waals surface area contributed by atoms with Gasteiger partial charge in [-0.2, -0.15) is 0 Å². The number of benzene rings is 7. The molecule has 8 aromatic rings. The fraction of sp³-hybridized carbons (Fsp3) is 0. The molecule has 0 spiro atoms. The molecule has 1 aliphatic heterocycles. The van der Waals surface area contributed by atoms with Crippen LogP contribution in [0.25, 0.3) is 67.0 Å². The van der Waals surface area contributed by atoms with Gasteiger partial charge in [-0.05, 0) is 75.8 Å². The lowest BCUT2D eigenvalue weighted by Gasteiger charge is -2.28. The Bertz CT molecular complexity index is 2360. The first kappa shape index (κ1) is 28.7. The molecule has 0 fully saturated rings. The van der Waals surface area contributed by atoms with Crippen LogP contribution in [0.3, 0.4) is 0 Å². The highest BCUT2D eigenvalue weighted by Gasteiger charge is 2.26. The monoisotopic (exact) mass is 624 g/mol. The lowest BCUT2D eigenvalue weighted by molar-refractivity contribution is 1.29. The van der Waals surface area contributed by atoms with Gasteiger partial charge in [0.1, 0.15) is 0 Å². The molecule has 1 aliphatic rings. The summed E-state index contributed by atoms with van der Waals surface area (Å²) in [6, 6.07) is 69.4. The van der Waals surface area contributed by atoms with Crippen molar-refractivity contribution >= 4 is 17.1 Å². The molecule has 0 amide bonds. The molecule has 230 valence electrons. The van der Waals surface area contributed by atoms with E-state index in [0.717, 1.165) is 50.7 Å². The van der Waals surface area contributed by atoms with Crippen molar-refractivity contribution in [2.75, 3.05) is 4.90 Å². The minimum absolute atomic E-state index is 0.958. The highest BCUT2D eigenvalue weighted by atomic mass is 15.1. The second kappa shape index (κ2) is 12.3. The number of para-hydroxylation sites is 1. The summed E-state index contributed by atoms with van der Waals surface area (Å²) in [6.45, 7) is 0. The summed E-state index contributed by atoms with van der Waals surface area (Å²) in [5.74, 6) is 0. The van der Waals surface area contributed by atoms with E-state index in [1.54, 1.807) is 0 Å². The molecule has 1 aromatic heterocycles. The van der Waals surface area contributed by atoms with Gasteiger partial charge in [0.15, 0.2) is 0 Å². The normalized spacial score (nSPS) is 11.6. The Labute approximate surface area is 287 Å². The van der Waals surface area contributed by atoms with E-state index in [1.807, 2.05) is 12.1 Å². The van der Waals surface area contributed by atoms with Crippen molar-refractivity contribution in [1.29, 1.82) is 0 Å². The fourth-order valence-corrected chi connectivity index (χ4v) is 7.03. The molecule has 0 atom stereocenters. The minimum Gasteiger partial charge on any atom is -0.309 e. The van der Waals surface area contributed by atoms with E-state index in [1.165, 1.54) is 33.4 Å². The summed E-state index contributed by atoms with van der Waals surface area (Å²) in [7, 11) is 0. The summed E-state index contributed by atoms with van der Waals surface area (Å²) >= 11 is 0. The van der Waals surface area contributed by atoms with Crippen LogP contribution in [-0.4, -0.2) is 4.98 Å². The Morgan fingerprint density at radius 2 is 0.735 bits per heavy atom. The van der Waals surface area contributed by atoms with E-state index in [-0.39, 0.29) is 0 Å². The van der Waals surface area contributed by atoms with Crippen molar-refractivity contribution in [3.8, 4) is 67.0 Å². The first-order chi connectivity index (χ1) is 24.3. The van der Waals surface area contributed by atoms with Crippen LogP contribution in [0.4, 0.5) is 17.1 Å². The Morgan fingerprint density at radius 1 is 0.286 bits per heavy atom. The Morgan fingerprint density at radius 3 is 1.35 bits per heavy atom. The van der Waals surface area contributed by atoms with Gasteiger partial charge < -0.3 is 4.90 Å². The zero-order valence-corrected chi connectivity index (χ0v) is 26.9. The minimum atomic E-state index is 0.958. The zero-order valence-electron chi connectivity index (χ0n) is 26.9. The molecule has 0 saturated heterocycles. The van der Waals surface area contributed by atoms with Gasteiger partial charge in [0.2, 0.25) is 0 Å². The molecular weight excluding hydrogens is 593 g/mol. The molecule has 49 heavy (non-hydrogen) atoms. The molecule has 7 aromatic carbocycles. The van der Waals surface area contributed by atoms with E-state index in [9.17, 15) is 0 Å². The maximum absolute atomic E-state index is 5.14. The highest BCUT2D eigenvalue weighted by molar-refractivity contribution is 6.03. The molecule has 0 aliphatic carbocycles. The number of nitrogens with zero attached hydrogens (tertiary/aromatic N) is 2. The number of rotatable bonds is 5. The average molecular weight is 625 g/mol. The maximum atomic E-state index is 5.14. The third-order valence-electron chi connectivity index (χ3n) is 9.42. The largest absolute Gasteiger partial charge is 0.309 e. The van der Waals surface area contributed by atoms with E-state index in [2.05, 4.69) is 187 Å². The van der Waals surface area contributed by atoms with Crippen molar-refractivity contribution in [2.45, 2.75) is 0 Å². The van der Waals surface area contributed by atoms with Crippen LogP contribution in [0.15, 0.2) is 194 Å². The molecule has 0 unspecified atom stereocenters. The van der Waals surface area contributed by atoms with Crippen molar-refractivity contribution in [3.05, 3.63) is 194 Å². The second-order valence-corrected chi connectivity index (χ2v) is 12.4. The van der Waals surface area contributed by atoms with E-state index >= 15 is 0 Å². The van der Waals surface area contributed by atoms with Crippen LogP contribution < -0.4 is 4.90 Å². The van der Waals surface area contributed by atoms with Crippen molar-refractivity contribution in [3.63, 3.8) is 0 Å². The Kier molecular flexibility index (Phi) is 7.18. The van der Waals surface area contributed by atoms with Crippen LogP contribution in [0.2, 0.25) is 0 Å². The van der Waals surface area contributed by atoms with Crippen LogP contribution in [0.5, 0.6) is 0 Å². The number of aromatic nitrogens is 1. The molecule has 0 radical (unpaired) electrons. The quantitative estimate of drug-likeness (QED) is 0.189. The molecule has 2 nitrogen and oxygen atoms in total. The third-order valence-corrected chi connectivity index (χ3v) is 9.42. The number of hydrogen-bond acceptors (Lipinski definition) is 2. The molecular formula is C47H32N2. The first-order valence-corrected chi connectivity index (χ1v) is 16.7. The van der Waals surface area contributed by atoms with Crippen molar-refractivity contribution < 1.29 is 0 Å². The summed E-state index contributed by atoms with van der Waals surface area (Å²) in [5, 5.41) is 0. The summed E-state index contributed by atoms with van der Waals surface area (Å²) in [5.41, 5.74) is 17.1. The summed E-state index contributed by atoms with van der Waals surface area (Å²) in [4.78, 5) is 7.55. The van der Waals surface area contributed by atoms with Gasteiger partial charge in [-0.15, -0.1) is 0 Å². The first-order valence-electron chi connectivity index (χ1n) is 16.7. The molecule has 2 heterocycles. The lowest BCUT2D eigenvalue weighted by Crippen LogP contribution is -2.11. The maximum Gasteiger partial charge on any atom is 0.0715 e. The Balaban J connectivity index is 1.25. The topological polar surface area (TPSA) is 16.1 Å². The predicted molar refractivity (Wildman–Crippen MR) is 205 cm³/mol. The van der Waals surface area contributed by atoms with Crippen molar-refractivity contribution in [2.24, 2.45) is 0 Å². The number of hydrogen-bond donors (Lipinski definition) is 0. The molecule has 2 heteroatoms. The SMILES string of the molecule is c1ccc(-c2ccc(N3c4ccccc4-c4ccccc4-c4cc(-c5cc(-c6ccccc6)nc(-c6ccccc6)c5)ccc43)cc2)cc1. The summed E-state index contributed by atoms with van der Waals surface area (Å²) < 4.78 is 0. The molecule has 9 rings (SSSR count). The molecule has 0 bridgehead atoms. The van der Waals surface area contributed by atoms with Gasteiger partial charge in [-0.1, -0.05) is 152 Å². The predicted octanol–water partition coefficient (Wildman–Crippen LogP) is 12.9. The highest BCUT2D eigenvalue weighted by Crippen LogP contribution is 2.51. The van der Waals surface area contributed by atoms with Gasteiger partial charge in [0.05, 0.1) is 22.8 Å². The van der Waals surface area contributed by atoms with E-state index in [0.29, 0.717) is 0 Å². The van der Waals surface area contributed by atoms with Crippen LogP contribution in [0, 0.1) is 0 Å². The molecule has 0 saturated carbocycles. The van der Waals surface area contributed by atoms with E-state index in [4.69, 9.17) is 4.98 Å². The smallest absolute Gasteiger partial charge is 0.0715 e. The average Bonchev–Trinajstić information content (AvgIpc) is 3.31. The fourth-order valence-electron chi connectivity index (χ4n) is 7.03. The standard InChI is InChI=1S/C47H32N2/c1-4-14-33(15-5-1)34-24-27-39(28-25-34)49-46-23-13-12-22-42(46)40-20-10-11-21-41(40)43-30-37(26-29-47(43)49)38-31-44(35-16-6-2-7-17-35)48-45(32-38)36-18-8-3-9-19-36/h1-32H. The van der Waals surface area contributed by atoms with Gasteiger partial charge in [-0.3, -0.25) is 0 Å². The van der Waals surface area contributed by atoms with Gasteiger partial charge in [0, 0.05) is 27.9 Å². The number of fused-ring (bicyclic) bond motifs is 5. The van der Waals surface area contributed by atoms with Crippen LogP contribution >= 0.6 is 0 Å². The Hall–Kier alpha value is -6.51. The number of anilines is 3. The van der Waals surface area contributed by atoms with Gasteiger partial charge in [0.25, 0.3) is 0 Å². The van der Waals surface area contributed by atoms with Gasteiger partial charge >= 0.3 is 0 Å². The third kappa shape index (κ3) is 5.30. The van der Waals surface area contributed by atoms with Gasteiger partial charge in [-0.25, -0.2) is 4.98 Å². The number of pyridine rings is 1. The zero-order chi connectivity index (χ0) is 32.6.